The molecule has 0 saturated carbocycles. The van der Waals surface area contributed by atoms with Crippen molar-refractivity contribution in [3.63, 3.8) is 0 Å². The van der Waals surface area contributed by atoms with E-state index in [1.54, 1.807) is 42.6 Å². The summed E-state index contributed by atoms with van der Waals surface area (Å²) in [5.74, 6) is -0.596. The molecular formula is C21H18FN3O3. The van der Waals surface area contributed by atoms with Gasteiger partial charge in [0.05, 0.1) is 12.2 Å². The number of amides is 2. The second-order valence-electron chi connectivity index (χ2n) is 6.39. The van der Waals surface area contributed by atoms with E-state index in [0.717, 1.165) is 5.56 Å². The van der Waals surface area contributed by atoms with Gasteiger partial charge in [0, 0.05) is 18.3 Å². The molecule has 3 aromatic rings. The van der Waals surface area contributed by atoms with Crippen molar-refractivity contribution in [2.75, 3.05) is 18.1 Å². The lowest BCUT2D eigenvalue weighted by atomic mass is 10.0. The van der Waals surface area contributed by atoms with Crippen molar-refractivity contribution < 1.29 is 18.7 Å². The summed E-state index contributed by atoms with van der Waals surface area (Å²) >= 11 is 0. The van der Waals surface area contributed by atoms with Crippen LogP contribution in [0.5, 0.6) is 0 Å². The lowest BCUT2D eigenvalue weighted by Gasteiger charge is -2.14. The summed E-state index contributed by atoms with van der Waals surface area (Å²) in [7, 11) is 0. The zero-order valence-corrected chi connectivity index (χ0v) is 14.9. The van der Waals surface area contributed by atoms with E-state index in [2.05, 4.69) is 10.3 Å². The third kappa shape index (κ3) is 3.59. The topological polar surface area (TPSA) is 74.4 Å². The first kappa shape index (κ1) is 17.8. The summed E-state index contributed by atoms with van der Waals surface area (Å²) in [6.07, 6.45) is 1.23. The number of benzene rings is 2. The Labute approximate surface area is 160 Å². The first-order valence-electron chi connectivity index (χ1n) is 8.86. The number of hydrogen-bond donors (Lipinski definition) is 2. The number of nitrogens with zero attached hydrogens (tertiary/aromatic N) is 1. The molecular weight excluding hydrogens is 361 g/mol. The summed E-state index contributed by atoms with van der Waals surface area (Å²) in [4.78, 5) is 27.8. The average molecular weight is 379 g/mol. The van der Waals surface area contributed by atoms with Gasteiger partial charge < -0.3 is 15.0 Å². The highest BCUT2D eigenvalue weighted by Crippen LogP contribution is 2.28. The van der Waals surface area contributed by atoms with E-state index in [4.69, 9.17) is 4.74 Å². The van der Waals surface area contributed by atoms with Gasteiger partial charge in [0.1, 0.15) is 18.1 Å². The molecule has 1 aromatic heterocycles. The van der Waals surface area contributed by atoms with Crippen LogP contribution in [0, 0.1) is 5.82 Å². The largest absolute Gasteiger partial charge is 0.447 e. The minimum atomic E-state index is -0.460. The van der Waals surface area contributed by atoms with Crippen LogP contribution in [0.4, 0.5) is 14.9 Å². The van der Waals surface area contributed by atoms with Crippen LogP contribution < -0.4 is 10.2 Å². The number of anilines is 1. The predicted molar refractivity (Wildman–Crippen MR) is 102 cm³/mol. The second-order valence-corrected chi connectivity index (χ2v) is 6.39. The maximum Gasteiger partial charge on any atom is 0.414 e. The standard InChI is InChI=1S/C21H18FN3O3/c22-18-12-16(25-10-11-28-21(25)27)7-8-17(18)15-5-3-14(4-6-15)13-24-20(26)19-2-1-9-23-19/h1-9,12,23H,10-11,13H2,(H,24,26). The normalized spacial score (nSPS) is 13.5. The van der Waals surface area contributed by atoms with Crippen molar-refractivity contribution in [1.82, 2.24) is 10.3 Å². The van der Waals surface area contributed by atoms with Crippen molar-refractivity contribution in [1.29, 1.82) is 0 Å². The smallest absolute Gasteiger partial charge is 0.414 e. The van der Waals surface area contributed by atoms with Gasteiger partial charge in [-0.1, -0.05) is 24.3 Å². The lowest BCUT2D eigenvalue weighted by molar-refractivity contribution is 0.0946. The molecule has 0 aliphatic carbocycles. The second kappa shape index (κ2) is 7.56. The molecule has 0 bridgehead atoms. The Morgan fingerprint density at radius 1 is 1.18 bits per heavy atom. The number of ether oxygens (including phenoxy) is 1. The zero-order valence-electron chi connectivity index (χ0n) is 14.9. The molecule has 2 heterocycles. The number of halogens is 1. The first-order valence-corrected chi connectivity index (χ1v) is 8.86. The third-order valence-electron chi connectivity index (χ3n) is 4.59. The van der Waals surface area contributed by atoms with Gasteiger partial charge >= 0.3 is 6.09 Å². The summed E-state index contributed by atoms with van der Waals surface area (Å²) < 4.78 is 19.5. The van der Waals surface area contributed by atoms with Gasteiger partial charge in [-0.15, -0.1) is 0 Å². The minimum absolute atomic E-state index is 0.184. The number of H-pyrrole nitrogens is 1. The Morgan fingerprint density at radius 3 is 2.64 bits per heavy atom. The molecule has 142 valence electrons. The van der Waals surface area contributed by atoms with E-state index in [-0.39, 0.29) is 5.91 Å². The molecule has 2 aromatic carbocycles. The highest BCUT2D eigenvalue weighted by molar-refractivity contribution is 5.92. The van der Waals surface area contributed by atoms with Crippen molar-refractivity contribution in [2.24, 2.45) is 0 Å². The van der Waals surface area contributed by atoms with Gasteiger partial charge in [-0.05, 0) is 41.5 Å². The lowest BCUT2D eigenvalue weighted by Crippen LogP contribution is -2.23. The number of hydrogen-bond acceptors (Lipinski definition) is 3. The number of rotatable bonds is 5. The van der Waals surface area contributed by atoms with Crippen LogP contribution >= 0.6 is 0 Å². The van der Waals surface area contributed by atoms with Gasteiger partial charge in [0.2, 0.25) is 0 Å². The van der Waals surface area contributed by atoms with Crippen LogP contribution in [0.1, 0.15) is 16.1 Å². The van der Waals surface area contributed by atoms with Crippen molar-refractivity contribution in [3.05, 3.63) is 77.9 Å². The van der Waals surface area contributed by atoms with Crippen LogP contribution in [-0.2, 0) is 11.3 Å². The fourth-order valence-corrected chi connectivity index (χ4v) is 3.09. The molecule has 0 spiro atoms. The highest BCUT2D eigenvalue weighted by atomic mass is 19.1. The van der Waals surface area contributed by atoms with E-state index in [1.165, 1.54) is 11.0 Å². The van der Waals surface area contributed by atoms with Gasteiger partial charge in [-0.3, -0.25) is 9.69 Å². The van der Waals surface area contributed by atoms with Crippen molar-refractivity contribution >= 4 is 17.7 Å². The molecule has 1 saturated heterocycles. The van der Waals surface area contributed by atoms with E-state index in [1.807, 2.05) is 12.1 Å². The first-order chi connectivity index (χ1) is 13.6. The monoisotopic (exact) mass is 379 g/mol. The number of aromatic nitrogens is 1. The van der Waals surface area contributed by atoms with E-state index in [0.29, 0.717) is 42.2 Å². The van der Waals surface area contributed by atoms with Crippen molar-refractivity contribution in [2.45, 2.75) is 6.54 Å². The Balaban J connectivity index is 1.45. The maximum atomic E-state index is 14.6. The highest BCUT2D eigenvalue weighted by Gasteiger charge is 2.24. The van der Waals surface area contributed by atoms with Gasteiger partial charge in [-0.25, -0.2) is 9.18 Å². The van der Waals surface area contributed by atoms with Gasteiger partial charge in [0.25, 0.3) is 5.91 Å². The number of aromatic amines is 1. The minimum Gasteiger partial charge on any atom is -0.447 e. The predicted octanol–water partition coefficient (Wildman–Crippen LogP) is 3.71. The fourth-order valence-electron chi connectivity index (χ4n) is 3.09. The third-order valence-corrected chi connectivity index (χ3v) is 4.59. The molecule has 2 N–H and O–H groups in total. The molecule has 4 rings (SSSR count). The van der Waals surface area contributed by atoms with E-state index >= 15 is 0 Å². The quantitative estimate of drug-likeness (QED) is 0.710. The molecule has 0 unspecified atom stereocenters. The van der Waals surface area contributed by atoms with E-state index in [9.17, 15) is 14.0 Å². The molecule has 28 heavy (non-hydrogen) atoms. The Kier molecular flexibility index (Phi) is 4.80. The Bertz CT molecular complexity index is 1000. The van der Waals surface area contributed by atoms with Crippen LogP contribution in [-0.4, -0.2) is 30.1 Å². The van der Waals surface area contributed by atoms with Crippen molar-refractivity contribution in [3.8, 4) is 11.1 Å². The fraction of sp³-hybridized carbons (Fsp3) is 0.143. The van der Waals surface area contributed by atoms with Crippen LogP contribution in [0.2, 0.25) is 0 Å². The number of carbonyl (C=O) groups is 2. The van der Waals surface area contributed by atoms with Crippen LogP contribution in [0.25, 0.3) is 11.1 Å². The molecule has 0 atom stereocenters. The molecule has 7 heteroatoms. The average Bonchev–Trinajstić information content (AvgIpc) is 3.38. The summed E-state index contributed by atoms with van der Waals surface area (Å²) in [5.41, 5.74) is 3.04. The number of carbonyl (C=O) groups excluding carboxylic acids is 2. The molecule has 1 aliphatic heterocycles. The van der Waals surface area contributed by atoms with Crippen LogP contribution in [0.15, 0.2) is 60.8 Å². The zero-order chi connectivity index (χ0) is 19.5. The van der Waals surface area contributed by atoms with Gasteiger partial charge in [0.15, 0.2) is 0 Å². The SMILES string of the molecule is O=C(NCc1ccc(-c2ccc(N3CCOC3=O)cc2F)cc1)c1ccc[nH]1. The summed E-state index contributed by atoms with van der Waals surface area (Å²) in [5, 5.41) is 2.82. The molecule has 1 aliphatic rings. The maximum absolute atomic E-state index is 14.6. The summed E-state index contributed by atoms with van der Waals surface area (Å²) in [6.45, 7) is 1.10. The van der Waals surface area contributed by atoms with Crippen LogP contribution in [0.3, 0.4) is 0 Å². The molecule has 2 amide bonds. The Hall–Kier alpha value is -3.61. The molecule has 0 radical (unpaired) electrons. The van der Waals surface area contributed by atoms with E-state index < -0.39 is 11.9 Å². The number of cyclic esters (lactones) is 1. The number of nitrogens with one attached hydrogen (secondary N) is 2. The summed E-state index contributed by atoms with van der Waals surface area (Å²) in [6, 6.07) is 15.4. The molecule has 6 nitrogen and oxygen atoms in total. The Morgan fingerprint density at radius 2 is 2.00 bits per heavy atom. The molecule has 1 fully saturated rings. The van der Waals surface area contributed by atoms with Gasteiger partial charge in [-0.2, -0.15) is 0 Å².